The Hall–Kier alpha value is -0.790. The van der Waals surface area contributed by atoms with Crippen molar-refractivity contribution in [2.45, 2.75) is 31.7 Å². The minimum absolute atomic E-state index is 0.129. The van der Waals surface area contributed by atoms with Crippen molar-refractivity contribution in [2.24, 2.45) is 5.92 Å². The molecule has 2 aliphatic rings. The predicted molar refractivity (Wildman–Crippen MR) is 47.7 cm³/mol. The molecule has 0 N–H and O–H groups in total. The van der Waals surface area contributed by atoms with Crippen molar-refractivity contribution in [3.05, 3.63) is 12.7 Å². The molecule has 0 bridgehead atoms. The third-order valence-electron chi connectivity index (χ3n) is 3.22. The molecule has 0 aromatic carbocycles. The summed E-state index contributed by atoms with van der Waals surface area (Å²) >= 11 is 0. The summed E-state index contributed by atoms with van der Waals surface area (Å²) in [7, 11) is 0. The van der Waals surface area contributed by atoms with Gasteiger partial charge in [-0.25, -0.2) is 0 Å². The molecule has 2 fully saturated rings. The maximum Gasteiger partial charge on any atom is 0.246 e. The topological polar surface area (TPSA) is 20.3 Å². The molecule has 0 aromatic rings. The number of carbonyl (C=O) groups excluding carboxylic acids is 1. The quantitative estimate of drug-likeness (QED) is 0.540. The summed E-state index contributed by atoms with van der Waals surface area (Å²) in [5.74, 6) is 0.929. The smallest absolute Gasteiger partial charge is 0.246 e. The van der Waals surface area contributed by atoms with Crippen molar-refractivity contribution in [2.75, 3.05) is 6.54 Å². The Morgan fingerprint density at radius 2 is 2.25 bits per heavy atom. The molecular weight excluding hydrogens is 150 g/mol. The van der Waals surface area contributed by atoms with Gasteiger partial charge in [0.2, 0.25) is 5.91 Å². The Morgan fingerprint density at radius 3 is 3.00 bits per heavy atom. The van der Waals surface area contributed by atoms with Gasteiger partial charge >= 0.3 is 0 Å². The minimum Gasteiger partial charge on any atom is -0.336 e. The third kappa shape index (κ3) is 1.06. The first-order valence-electron chi connectivity index (χ1n) is 4.76. The van der Waals surface area contributed by atoms with E-state index in [0.29, 0.717) is 6.04 Å². The van der Waals surface area contributed by atoms with Crippen molar-refractivity contribution in [3.63, 3.8) is 0 Å². The molecule has 12 heavy (non-hydrogen) atoms. The first kappa shape index (κ1) is 7.84. The number of carbonyl (C=O) groups is 1. The highest BCUT2D eigenvalue weighted by atomic mass is 16.2. The fraction of sp³-hybridized carbons (Fsp3) is 0.700. The van der Waals surface area contributed by atoms with E-state index in [2.05, 4.69) is 6.58 Å². The van der Waals surface area contributed by atoms with E-state index in [9.17, 15) is 4.79 Å². The highest BCUT2D eigenvalue weighted by Crippen LogP contribution is 2.37. The van der Waals surface area contributed by atoms with Crippen molar-refractivity contribution in [1.29, 1.82) is 0 Å². The van der Waals surface area contributed by atoms with E-state index in [0.717, 1.165) is 12.5 Å². The molecule has 2 heteroatoms. The van der Waals surface area contributed by atoms with Crippen molar-refractivity contribution in [3.8, 4) is 0 Å². The number of likely N-dealkylation sites (tertiary alicyclic amines) is 1. The molecule has 2 rings (SSSR count). The van der Waals surface area contributed by atoms with Gasteiger partial charge in [0.05, 0.1) is 0 Å². The van der Waals surface area contributed by atoms with Crippen LogP contribution < -0.4 is 0 Å². The Morgan fingerprint density at radius 1 is 1.42 bits per heavy atom. The lowest BCUT2D eigenvalue weighted by Crippen LogP contribution is -2.34. The first-order chi connectivity index (χ1) is 5.83. The van der Waals surface area contributed by atoms with Gasteiger partial charge in [0.1, 0.15) is 0 Å². The molecule has 1 amide bonds. The molecule has 0 spiro atoms. The normalized spacial score (nSPS) is 33.5. The molecule has 2 atom stereocenters. The summed E-state index contributed by atoms with van der Waals surface area (Å²) in [6.07, 6.45) is 6.50. The average molecular weight is 165 g/mol. The van der Waals surface area contributed by atoms with E-state index in [-0.39, 0.29) is 5.91 Å². The number of nitrogens with zero attached hydrogens (tertiary/aromatic N) is 1. The molecule has 0 aromatic heterocycles. The standard InChI is InChI=1S/C10H15NO/c1-2-10(12)11-7-6-8-4-3-5-9(8)11/h2,8-9H,1,3-7H2. The number of fused-ring (bicyclic) bond motifs is 1. The number of hydrogen-bond donors (Lipinski definition) is 0. The lowest BCUT2D eigenvalue weighted by Gasteiger charge is -2.21. The molecule has 1 heterocycles. The molecule has 1 aliphatic heterocycles. The number of hydrogen-bond acceptors (Lipinski definition) is 1. The monoisotopic (exact) mass is 165 g/mol. The lowest BCUT2D eigenvalue weighted by atomic mass is 10.0. The highest BCUT2D eigenvalue weighted by Gasteiger charge is 2.38. The van der Waals surface area contributed by atoms with E-state index in [1.165, 1.54) is 31.8 Å². The molecule has 1 aliphatic carbocycles. The van der Waals surface area contributed by atoms with Crippen LogP contribution in [0.1, 0.15) is 25.7 Å². The van der Waals surface area contributed by atoms with Crippen LogP contribution >= 0.6 is 0 Å². The van der Waals surface area contributed by atoms with Crippen LogP contribution in [0, 0.1) is 5.92 Å². The van der Waals surface area contributed by atoms with Crippen LogP contribution in [0.25, 0.3) is 0 Å². The van der Waals surface area contributed by atoms with Crippen LogP contribution in [-0.4, -0.2) is 23.4 Å². The molecule has 1 saturated carbocycles. The van der Waals surface area contributed by atoms with Gasteiger partial charge in [-0.15, -0.1) is 0 Å². The van der Waals surface area contributed by atoms with E-state index < -0.39 is 0 Å². The second-order valence-corrected chi connectivity index (χ2v) is 3.78. The van der Waals surface area contributed by atoms with Gasteiger partial charge in [-0.05, 0) is 31.3 Å². The predicted octanol–water partition coefficient (Wildman–Crippen LogP) is 1.57. The summed E-state index contributed by atoms with van der Waals surface area (Å²) in [6, 6.07) is 0.551. The Kier molecular flexibility index (Phi) is 1.91. The second kappa shape index (κ2) is 2.92. The summed E-state index contributed by atoms with van der Waals surface area (Å²) < 4.78 is 0. The van der Waals surface area contributed by atoms with Gasteiger partial charge in [0.25, 0.3) is 0 Å². The summed E-state index contributed by atoms with van der Waals surface area (Å²) in [6.45, 7) is 4.49. The van der Waals surface area contributed by atoms with E-state index >= 15 is 0 Å². The van der Waals surface area contributed by atoms with E-state index in [4.69, 9.17) is 0 Å². The number of rotatable bonds is 1. The van der Waals surface area contributed by atoms with E-state index in [1.807, 2.05) is 4.90 Å². The molecule has 66 valence electrons. The summed E-state index contributed by atoms with van der Waals surface area (Å²) in [5.41, 5.74) is 0. The largest absolute Gasteiger partial charge is 0.336 e. The molecule has 1 saturated heterocycles. The maximum absolute atomic E-state index is 11.4. The fourth-order valence-electron chi connectivity index (χ4n) is 2.63. The third-order valence-corrected chi connectivity index (χ3v) is 3.22. The van der Waals surface area contributed by atoms with Gasteiger partial charge in [0, 0.05) is 12.6 Å². The molecule has 0 radical (unpaired) electrons. The van der Waals surface area contributed by atoms with Crippen LogP contribution in [0.3, 0.4) is 0 Å². The molecule has 2 unspecified atom stereocenters. The van der Waals surface area contributed by atoms with Crippen LogP contribution in [0.15, 0.2) is 12.7 Å². The van der Waals surface area contributed by atoms with Crippen molar-refractivity contribution in [1.82, 2.24) is 4.90 Å². The average Bonchev–Trinajstić information content (AvgIpc) is 2.62. The van der Waals surface area contributed by atoms with Crippen LogP contribution in [-0.2, 0) is 4.79 Å². The molecule has 2 nitrogen and oxygen atoms in total. The van der Waals surface area contributed by atoms with Gasteiger partial charge in [-0.2, -0.15) is 0 Å². The zero-order valence-corrected chi connectivity index (χ0v) is 7.33. The van der Waals surface area contributed by atoms with Crippen molar-refractivity contribution < 1.29 is 4.79 Å². The first-order valence-corrected chi connectivity index (χ1v) is 4.76. The lowest BCUT2D eigenvalue weighted by molar-refractivity contribution is -0.126. The minimum atomic E-state index is 0.129. The highest BCUT2D eigenvalue weighted by molar-refractivity contribution is 5.87. The second-order valence-electron chi connectivity index (χ2n) is 3.78. The van der Waals surface area contributed by atoms with Gasteiger partial charge < -0.3 is 4.90 Å². The van der Waals surface area contributed by atoms with Crippen LogP contribution in [0.4, 0.5) is 0 Å². The van der Waals surface area contributed by atoms with Gasteiger partial charge in [0.15, 0.2) is 0 Å². The van der Waals surface area contributed by atoms with Gasteiger partial charge in [-0.1, -0.05) is 13.0 Å². The maximum atomic E-state index is 11.4. The zero-order valence-electron chi connectivity index (χ0n) is 7.33. The Balaban J connectivity index is 2.08. The van der Waals surface area contributed by atoms with E-state index in [1.54, 1.807) is 0 Å². The van der Waals surface area contributed by atoms with Crippen molar-refractivity contribution >= 4 is 5.91 Å². The van der Waals surface area contributed by atoms with Gasteiger partial charge in [-0.3, -0.25) is 4.79 Å². The fourth-order valence-corrected chi connectivity index (χ4v) is 2.63. The number of amides is 1. The Labute approximate surface area is 73.2 Å². The molecular formula is C10H15NO. The zero-order chi connectivity index (χ0) is 8.55. The Bertz CT molecular complexity index is 212. The summed E-state index contributed by atoms with van der Waals surface area (Å²) in [5, 5.41) is 0. The van der Waals surface area contributed by atoms with Crippen LogP contribution in [0.5, 0.6) is 0 Å². The van der Waals surface area contributed by atoms with Crippen LogP contribution in [0.2, 0.25) is 0 Å². The summed E-state index contributed by atoms with van der Waals surface area (Å²) in [4.78, 5) is 13.4. The SMILES string of the molecule is C=CC(=O)N1CCC2CCCC21.